The van der Waals surface area contributed by atoms with Gasteiger partial charge in [0.05, 0.1) is 4.90 Å². The first kappa shape index (κ1) is 14.5. The highest BCUT2D eigenvalue weighted by atomic mass is 32.2. The fraction of sp³-hybridized carbons (Fsp3) is 0.571. The van der Waals surface area contributed by atoms with E-state index in [2.05, 4.69) is 4.72 Å². The molecule has 1 N–H and O–H groups in total. The summed E-state index contributed by atoms with van der Waals surface area (Å²) in [5.41, 5.74) is 2.09. The van der Waals surface area contributed by atoms with Gasteiger partial charge in [0.1, 0.15) is 0 Å². The first-order valence-corrected chi connectivity index (χ1v) is 8.12. The normalized spacial score (nSPS) is 17.6. The zero-order chi connectivity index (χ0) is 13.9. The summed E-state index contributed by atoms with van der Waals surface area (Å²) in [5.74, 6) is 0.384. The van der Waals surface area contributed by atoms with Gasteiger partial charge in [-0.15, -0.1) is 0 Å². The monoisotopic (exact) mass is 283 g/mol. The standard InChI is InChI=1S/C14H21NO3S/c1-11-3-4-14(9-12(11)2)19(16,17)15-10-13-5-7-18-8-6-13/h3-4,9,13,15H,5-8,10H2,1-2H3. The van der Waals surface area contributed by atoms with Gasteiger partial charge in [-0.1, -0.05) is 6.07 Å². The molecule has 0 saturated carbocycles. The van der Waals surface area contributed by atoms with E-state index >= 15 is 0 Å². The maximum atomic E-state index is 12.2. The molecule has 5 heteroatoms. The summed E-state index contributed by atoms with van der Waals surface area (Å²) in [7, 11) is -3.39. The fourth-order valence-electron chi connectivity index (χ4n) is 2.14. The van der Waals surface area contributed by atoms with Gasteiger partial charge in [0.25, 0.3) is 0 Å². The first-order valence-electron chi connectivity index (χ1n) is 6.64. The summed E-state index contributed by atoms with van der Waals surface area (Å²) in [6.45, 7) is 5.86. The highest BCUT2D eigenvalue weighted by molar-refractivity contribution is 7.89. The van der Waals surface area contributed by atoms with Crippen LogP contribution in [-0.2, 0) is 14.8 Å². The summed E-state index contributed by atoms with van der Waals surface area (Å²) >= 11 is 0. The Morgan fingerprint density at radius 3 is 2.53 bits per heavy atom. The summed E-state index contributed by atoms with van der Waals surface area (Å²) in [4.78, 5) is 0.350. The summed E-state index contributed by atoms with van der Waals surface area (Å²) in [6, 6.07) is 5.23. The van der Waals surface area contributed by atoms with Crippen molar-refractivity contribution in [2.24, 2.45) is 5.92 Å². The second kappa shape index (κ2) is 6.03. The van der Waals surface area contributed by atoms with E-state index in [0.29, 0.717) is 17.4 Å². The van der Waals surface area contributed by atoms with Gasteiger partial charge >= 0.3 is 0 Å². The number of aryl methyl sites for hydroxylation is 2. The van der Waals surface area contributed by atoms with E-state index in [4.69, 9.17) is 4.74 Å². The minimum absolute atomic E-state index is 0.350. The summed E-state index contributed by atoms with van der Waals surface area (Å²) in [5, 5.41) is 0. The minimum Gasteiger partial charge on any atom is -0.381 e. The van der Waals surface area contributed by atoms with Crippen molar-refractivity contribution in [2.75, 3.05) is 19.8 Å². The van der Waals surface area contributed by atoms with Crippen molar-refractivity contribution >= 4 is 10.0 Å². The van der Waals surface area contributed by atoms with Crippen LogP contribution in [0.25, 0.3) is 0 Å². The quantitative estimate of drug-likeness (QED) is 0.919. The molecule has 4 nitrogen and oxygen atoms in total. The number of ether oxygens (including phenoxy) is 1. The zero-order valence-corrected chi connectivity index (χ0v) is 12.3. The van der Waals surface area contributed by atoms with Crippen LogP contribution in [0.2, 0.25) is 0 Å². The smallest absolute Gasteiger partial charge is 0.240 e. The Balaban J connectivity index is 2.02. The van der Waals surface area contributed by atoms with Crippen LogP contribution in [0.15, 0.2) is 23.1 Å². The molecule has 0 amide bonds. The van der Waals surface area contributed by atoms with Crippen LogP contribution < -0.4 is 4.72 Å². The van der Waals surface area contributed by atoms with E-state index in [-0.39, 0.29) is 0 Å². The van der Waals surface area contributed by atoms with Crippen molar-refractivity contribution in [3.8, 4) is 0 Å². The number of hydrogen-bond acceptors (Lipinski definition) is 3. The van der Waals surface area contributed by atoms with Gasteiger partial charge < -0.3 is 4.74 Å². The van der Waals surface area contributed by atoms with Gasteiger partial charge in [0, 0.05) is 19.8 Å². The number of sulfonamides is 1. The van der Waals surface area contributed by atoms with E-state index in [0.717, 1.165) is 37.2 Å². The Bertz CT molecular complexity index is 534. The van der Waals surface area contributed by atoms with Gasteiger partial charge in [-0.3, -0.25) is 0 Å². The highest BCUT2D eigenvalue weighted by Crippen LogP contribution is 2.17. The third-order valence-corrected chi connectivity index (χ3v) is 5.11. The van der Waals surface area contributed by atoms with Crippen LogP contribution in [0.5, 0.6) is 0 Å². The minimum atomic E-state index is -3.39. The van der Waals surface area contributed by atoms with Gasteiger partial charge in [-0.05, 0) is 55.9 Å². The highest BCUT2D eigenvalue weighted by Gasteiger charge is 2.19. The van der Waals surface area contributed by atoms with E-state index in [1.54, 1.807) is 12.1 Å². The molecule has 1 aromatic carbocycles. The predicted octanol–water partition coefficient (Wildman–Crippen LogP) is 2.01. The molecule has 0 aliphatic carbocycles. The Morgan fingerprint density at radius 1 is 1.21 bits per heavy atom. The average Bonchev–Trinajstić information content (AvgIpc) is 2.41. The van der Waals surface area contributed by atoms with Crippen LogP contribution in [0.1, 0.15) is 24.0 Å². The van der Waals surface area contributed by atoms with E-state index < -0.39 is 10.0 Å². The molecule has 0 spiro atoms. The van der Waals surface area contributed by atoms with Crippen LogP contribution in [0.3, 0.4) is 0 Å². The van der Waals surface area contributed by atoms with Gasteiger partial charge in [-0.2, -0.15) is 0 Å². The van der Waals surface area contributed by atoms with E-state index in [1.807, 2.05) is 19.9 Å². The van der Waals surface area contributed by atoms with Crippen LogP contribution in [-0.4, -0.2) is 28.2 Å². The molecule has 1 heterocycles. The average molecular weight is 283 g/mol. The summed E-state index contributed by atoms with van der Waals surface area (Å²) in [6.07, 6.45) is 1.85. The van der Waals surface area contributed by atoms with Crippen molar-refractivity contribution in [2.45, 2.75) is 31.6 Å². The molecule has 1 aliphatic heterocycles. The topological polar surface area (TPSA) is 55.4 Å². The Hall–Kier alpha value is -0.910. The molecule has 0 bridgehead atoms. The fourth-order valence-corrected chi connectivity index (χ4v) is 3.34. The molecule has 1 saturated heterocycles. The molecule has 1 aromatic rings. The molecule has 1 aliphatic rings. The number of rotatable bonds is 4. The van der Waals surface area contributed by atoms with Gasteiger partial charge in [0.15, 0.2) is 0 Å². The van der Waals surface area contributed by atoms with Crippen LogP contribution >= 0.6 is 0 Å². The number of nitrogens with one attached hydrogen (secondary N) is 1. The number of benzene rings is 1. The number of hydrogen-bond donors (Lipinski definition) is 1. The van der Waals surface area contributed by atoms with Crippen molar-refractivity contribution < 1.29 is 13.2 Å². The van der Waals surface area contributed by atoms with Crippen molar-refractivity contribution in [1.82, 2.24) is 4.72 Å². The maximum Gasteiger partial charge on any atom is 0.240 e. The molecule has 0 atom stereocenters. The zero-order valence-electron chi connectivity index (χ0n) is 11.5. The Labute approximate surface area is 115 Å². The molecular weight excluding hydrogens is 262 g/mol. The molecule has 0 unspecified atom stereocenters. The second-order valence-corrected chi connectivity index (χ2v) is 6.92. The van der Waals surface area contributed by atoms with Gasteiger partial charge in [0.2, 0.25) is 10.0 Å². The molecule has 0 radical (unpaired) electrons. The van der Waals surface area contributed by atoms with Gasteiger partial charge in [-0.25, -0.2) is 13.1 Å². The molecule has 2 rings (SSSR count). The molecule has 0 aromatic heterocycles. The third kappa shape index (κ3) is 3.78. The molecule has 106 valence electrons. The second-order valence-electron chi connectivity index (χ2n) is 5.15. The molecule has 19 heavy (non-hydrogen) atoms. The predicted molar refractivity (Wildman–Crippen MR) is 74.6 cm³/mol. The van der Waals surface area contributed by atoms with E-state index in [9.17, 15) is 8.42 Å². The first-order chi connectivity index (χ1) is 8.99. The largest absolute Gasteiger partial charge is 0.381 e. The molecule has 1 fully saturated rings. The lowest BCUT2D eigenvalue weighted by Crippen LogP contribution is -2.32. The lowest BCUT2D eigenvalue weighted by atomic mass is 10.0. The van der Waals surface area contributed by atoms with E-state index in [1.165, 1.54) is 0 Å². The Kier molecular flexibility index (Phi) is 4.60. The van der Waals surface area contributed by atoms with Crippen molar-refractivity contribution in [1.29, 1.82) is 0 Å². The summed E-state index contributed by atoms with van der Waals surface area (Å²) < 4.78 is 32.4. The van der Waals surface area contributed by atoms with Crippen molar-refractivity contribution in [3.05, 3.63) is 29.3 Å². The lowest BCUT2D eigenvalue weighted by Gasteiger charge is -2.22. The third-order valence-electron chi connectivity index (χ3n) is 3.69. The lowest BCUT2D eigenvalue weighted by molar-refractivity contribution is 0.0678. The molecular formula is C14H21NO3S. The Morgan fingerprint density at radius 2 is 1.89 bits per heavy atom. The SMILES string of the molecule is Cc1ccc(S(=O)(=O)NCC2CCOCC2)cc1C. The maximum absolute atomic E-state index is 12.2. The van der Waals surface area contributed by atoms with Crippen molar-refractivity contribution in [3.63, 3.8) is 0 Å². The van der Waals surface area contributed by atoms with Crippen LogP contribution in [0.4, 0.5) is 0 Å². The van der Waals surface area contributed by atoms with Crippen LogP contribution in [0, 0.1) is 19.8 Å².